The summed E-state index contributed by atoms with van der Waals surface area (Å²) in [5.41, 5.74) is 5.49. The van der Waals surface area contributed by atoms with Gasteiger partial charge in [0.2, 0.25) is 12.7 Å². The molecule has 9 heteroatoms. The van der Waals surface area contributed by atoms with Gasteiger partial charge >= 0.3 is 0 Å². The predicted molar refractivity (Wildman–Crippen MR) is 146 cm³/mol. The molecule has 3 aromatic carbocycles. The van der Waals surface area contributed by atoms with Crippen LogP contribution in [-0.2, 0) is 0 Å². The van der Waals surface area contributed by atoms with Gasteiger partial charge in [-0.25, -0.2) is 9.97 Å². The van der Waals surface area contributed by atoms with Crippen molar-refractivity contribution in [2.45, 2.75) is 12.1 Å². The summed E-state index contributed by atoms with van der Waals surface area (Å²) in [6.07, 6.45) is 2.84. The van der Waals surface area contributed by atoms with Gasteiger partial charge in [-0.1, -0.05) is 30.3 Å². The Morgan fingerprint density at radius 3 is 2.51 bits per heavy atom. The molecule has 0 amide bonds. The minimum Gasteiger partial charge on any atom is -0.493 e. The molecular weight excluding hydrogens is 496 g/mol. The van der Waals surface area contributed by atoms with Crippen LogP contribution in [0.3, 0.4) is 0 Å². The zero-order valence-corrected chi connectivity index (χ0v) is 21.4. The maximum Gasteiger partial charge on any atom is 0.231 e. The van der Waals surface area contributed by atoms with Crippen LogP contribution in [-0.4, -0.2) is 47.6 Å². The standard InChI is InChI=1S/C30H26N4O5/c1-36-23-9-7-17(11-25(23)37-2)19-13-31-30(32-14-19)34-15-22(35)27-20-5-3-4-6-21(20)33-28(27)29(34)18-8-10-24-26(12-18)39-16-38-24/h3-14,22,29,33,35H,15-16H2,1-2H3. The summed E-state index contributed by atoms with van der Waals surface area (Å²) in [6.45, 7) is 0.522. The lowest BCUT2D eigenvalue weighted by atomic mass is 9.91. The third kappa shape index (κ3) is 3.81. The predicted octanol–water partition coefficient (Wildman–Crippen LogP) is 5.01. The number of aliphatic hydroxyl groups is 1. The third-order valence-corrected chi connectivity index (χ3v) is 7.39. The SMILES string of the molecule is COc1ccc(-c2cnc(N3CC(O)c4c([nH]c5ccccc45)C3c3ccc4c(c3)OCO4)nc2)cc1OC. The number of rotatable bonds is 5. The van der Waals surface area contributed by atoms with E-state index in [9.17, 15) is 5.11 Å². The fourth-order valence-electron chi connectivity index (χ4n) is 5.56. The Hall–Kier alpha value is -4.76. The number of nitrogens with zero attached hydrogens (tertiary/aromatic N) is 3. The number of aromatic amines is 1. The maximum absolute atomic E-state index is 11.4. The third-order valence-electron chi connectivity index (χ3n) is 7.39. The van der Waals surface area contributed by atoms with Crippen molar-refractivity contribution in [3.63, 3.8) is 0 Å². The smallest absolute Gasteiger partial charge is 0.231 e. The van der Waals surface area contributed by atoms with Crippen LogP contribution in [0.1, 0.15) is 29.0 Å². The minimum absolute atomic E-state index is 0.199. The summed E-state index contributed by atoms with van der Waals surface area (Å²) in [6, 6.07) is 19.4. The lowest BCUT2D eigenvalue weighted by molar-refractivity contribution is 0.173. The Morgan fingerprint density at radius 2 is 1.69 bits per heavy atom. The van der Waals surface area contributed by atoms with Gasteiger partial charge in [-0.15, -0.1) is 0 Å². The second-order valence-corrected chi connectivity index (χ2v) is 9.52. The van der Waals surface area contributed by atoms with Crippen molar-refractivity contribution >= 4 is 16.9 Å². The fraction of sp³-hybridized carbons (Fsp3) is 0.200. The van der Waals surface area contributed by atoms with Gasteiger partial charge < -0.3 is 33.9 Å². The van der Waals surface area contributed by atoms with Crippen LogP contribution in [0, 0.1) is 0 Å². The van der Waals surface area contributed by atoms with Gasteiger partial charge in [0.1, 0.15) is 0 Å². The summed E-state index contributed by atoms with van der Waals surface area (Å²) in [5, 5.41) is 12.4. The van der Waals surface area contributed by atoms with Crippen LogP contribution in [0.25, 0.3) is 22.0 Å². The zero-order chi connectivity index (χ0) is 26.5. The largest absolute Gasteiger partial charge is 0.493 e. The van der Waals surface area contributed by atoms with Crippen LogP contribution >= 0.6 is 0 Å². The maximum atomic E-state index is 11.4. The Balaban J connectivity index is 1.32. The topological polar surface area (TPSA) is 102 Å². The Morgan fingerprint density at radius 1 is 0.897 bits per heavy atom. The van der Waals surface area contributed by atoms with Crippen molar-refractivity contribution in [2.24, 2.45) is 0 Å². The van der Waals surface area contributed by atoms with Crippen molar-refractivity contribution in [3.05, 3.63) is 89.9 Å². The van der Waals surface area contributed by atoms with E-state index in [-0.39, 0.29) is 12.8 Å². The number of nitrogens with one attached hydrogen (secondary N) is 1. The minimum atomic E-state index is -0.726. The van der Waals surface area contributed by atoms with E-state index in [0.717, 1.165) is 38.9 Å². The molecule has 2 atom stereocenters. The Kier molecular flexibility index (Phi) is 5.52. The highest BCUT2D eigenvalue weighted by Gasteiger charge is 2.38. The molecule has 0 fully saturated rings. The van der Waals surface area contributed by atoms with Gasteiger partial charge in [0.15, 0.2) is 23.0 Å². The van der Waals surface area contributed by atoms with E-state index in [1.807, 2.05) is 65.6 Å². The Labute approximate surface area is 224 Å². The lowest BCUT2D eigenvalue weighted by Crippen LogP contribution is -2.39. The number of methoxy groups -OCH3 is 2. The van der Waals surface area contributed by atoms with E-state index < -0.39 is 6.10 Å². The highest BCUT2D eigenvalue weighted by molar-refractivity contribution is 5.86. The molecule has 0 saturated carbocycles. The summed E-state index contributed by atoms with van der Waals surface area (Å²) >= 11 is 0. The van der Waals surface area contributed by atoms with Crippen LogP contribution in [0.15, 0.2) is 73.1 Å². The first kappa shape index (κ1) is 23.4. The number of hydrogen-bond donors (Lipinski definition) is 2. The molecule has 196 valence electrons. The van der Waals surface area contributed by atoms with E-state index >= 15 is 0 Å². The quantitative estimate of drug-likeness (QED) is 0.332. The Bertz CT molecular complexity index is 1680. The molecule has 4 heterocycles. The summed E-state index contributed by atoms with van der Waals surface area (Å²) in [7, 11) is 3.22. The first-order valence-electron chi connectivity index (χ1n) is 12.6. The number of benzene rings is 3. The molecule has 0 aliphatic carbocycles. The van der Waals surface area contributed by atoms with Crippen LogP contribution in [0.5, 0.6) is 23.0 Å². The van der Waals surface area contributed by atoms with Gasteiger partial charge in [0.05, 0.1) is 32.9 Å². The number of aliphatic hydroxyl groups excluding tert-OH is 1. The molecule has 0 bridgehead atoms. The monoisotopic (exact) mass is 522 g/mol. The van der Waals surface area contributed by atoms with Crippen LogP contribution in [0.4, 0.5) is 5.95 Å². The number of β-amino-alcohol motifs (C(OH)–C–C–N with tert-alkyl or cyclic N) is 1. The molecule has 2 aliphatic heterocycles. The molecule has 5 aromatic rings. The molecule has 0 saturated heterocycles. The van der Waals surface area contributed by atoms with Crippen molar-refractivity contribution in [2.75, 3.05) is 32.5 Å². The highest BCUT2D eigenvalue weighted by atomic mass is 16.7. The number of ether oxygens (including phenoxy) is 4. The summed E-state index contributed by atoms with van der Waals surface area (Å²) in [5.74, 6) is 3.20. The van der Waals surface area contributed by atoms with E-state index in [0.29, 0.717) is 35.5 Å². The van der Waals surface area contributed by atoms with Crippen molar-refractivity contribution < 1.29 is 24.1 Å². The number of anilines is 1. The van der Waals surface area contributed by atoms with E-state index in [2.05, 4.69) is 4.98 Å². The fourth-order valence-corrected chi connectivity index (χ4v) is 5.56. The number of fused-ring (bicyclic) bond motifs is 4. The van der Waals surface area contributed by atoms with Gasteiger partial charge in [0.25, 0.3) is 0 Å². The molecule has 0 spiro atoms. The van der Waals surface area contributed by atoms with Crippen LogP contribution < -0.4 is 23.8 Å². The summed E-state index contributed by atoms with van der Waals surface area (Å²) < 4.78 is 22.1. The number of H-pyrrole nitrogens is 1. The molecule has 2 N–H and O–H groups in total. The molecule has 39 heavy (non-hydrogen) atoms. The van der Waals surface area contributed by atoms with Gasteiger partial charge in [-0.2, -0.15) is 0 Å². The van der Waals surface area contributed by atoms with E-state index in [1.165, 1.54) is 0 Å². The van der Waals surface area contributed by atoms with Crippen molar-refractivity contribution in [1.29, 1.82) is 0 Å². The number of para-hydroxylation sites is 1. The normalized spacial score (nSPS) is 17.8. The molecule has 2 aromatic heterocycles. The zero-order valence-electron chi connectivity index (χ0n) is 21.4. The second-order valence-electron chi connectivity index (χ2n) is 9.52. The first-order valence-corrected chi connectivity index (χ1v) is 12.6. The van der Waals surface area contributed by atoms with Crippen molar-refractivity contribution in [3.8, 4) is 34.1 Å². The first-order chi connectivity index (χ1) is 19.1. The molecule has 2 aliphatic rings. The van der Waals surface area contributed by atoms with Crippen molar-refractivity contribution in [1.82, 2.24) is 15.0 Å². The van der Waals surface area contributed by atoms with Gasteiger partial charge in [-0.05, 0) is 41.5 Å². The van der Waals surface area contributed by atoms with E-state index in [1.54, 1.807) is 26.6 Å². The average molecular weight is 523 g/mol. The lowest BCUT2D eigenvalue weighted by Gasteiger charge is -2.38. The number of hydrogen-bond acceptors (Lipinski definition) is 8. The number of aromatic nitrogens is 3. The van der Waals surface area contributed by atoms with Gasteiger partial charge in [0, 0.05) is 40.1 Å². The molecule has 7 rings (SSSR count). The molecule has 0 radical (unpaired) electrons. The highest BCUT2D eigenvalue weighted by Crippen LogP contribution is 2.45. The van der Waals surface area contributed by atoms with Gasteiger partial charge in [-0.3, -0.25) is 0 Å². The second kappa shape index (κ2) is 9.21. The van der Waals surface area contributed by atoms with Crippen LogP contribution in [0.2, 0.25) is 0 Å². The molecule has 2 unspecified atom stereocenters. The molecule has 9 nitrogen and oxygen atoms in total. The van der Waals surface area contributed by atoms with E-state index in [4.69, 9.17) is 28.9 Å². The summed E-state index contributed by atoms with van der Waals surface area (Å²) in [4.78, 5) is 15.1. The average Bonchev–Trinajstić information content (AvgIpc) is 3.61. The molecular formula is C30H26N4O5.